The highest BCUT2D eigenvalue weighted by atomic mass is 16.5. The van der Waals surface area contributed by atoms with Crippen molar-refractivity contribution in [3.8, 4) is 56.3 Å². The fourth-order valence-electron chi connectivity index (χ4n) is 9.05. The summed E-state index contributed by atoms with van der Waals surface area (Å²) in [5.41, 5.74) is 14.1. The molecule has 55 heavy (non-hydrogen) atoms. The molecule has 12 rings (SSSR count). The van der Waals surface area contributed by atoms with Gasteiger partial charge in [-0.25, -0.2) is 0 Å². The zero-order valence-electron chi connectivity index (χ0n) is 29.8. The van der Waals surface area contributed by atoms with Crippen molar-refractivity contribution in [2.45, 2.75) is 0 Å². The number of ether oxygens (including phenoxy) is 1. The van der Waals surface area contributed by atoms with Gasteiger partial charge in [0, 0.05) is 49.9 Å². The van der Waals surface area contributed by atoms with Crippen LogP contribution in [0.2, 0.25) is 0 Å². The highest BCUT2D eigenvalue weighted by molar-refractivity contribution is 6.26. The van der Waals surface area contributed by atoms with Crippen molar-refractivity contribution in [3.05, 3.63) is 194 Å². The Morgan fingerprint density at radius 2 is 0.891 bits per heavy atom. The van der Waals surface area contributed by atoms with E-state index in [-0.39, 0.29) is 0 Å². The summed E-state index contributed by atoms with van der Waals surface area (Å²) in [5, 5.41) is 7.31. The van der Waals surface area contributed by atoms with Gasteiger partial charge in [0.05, 0.1) is 22.1 Å². The first-order chi connectivity index (χ1) is 27.3. The van der Waals surface area contributed by atoms with Crippen LogP contribution in [-0.4, -0.2) is 9.13 Å². The minimum Gasteiger partial charge on any atom is -0.456 e. The van der Waals surface area contributed by atoms with E-state index >= 15 is 0 Å². The van der Waals surface area contributed by atoms with Crippen LogP contribution in [0.5, 0.6) is 11.5 Å². The van der Waals surface area contributed by atoms with E-state index in [1.54, 1.807) is 0 Å². The summed E-state index contributed by atoms with van der Waals surface area (Å²) in [6.07, 6.45) is 0. The molecule has 256 valence electrons. The van der Waals surface area contributed by atoms with Gasteiger partial charge in [-0.15, -0.1) is 0 Å². The molecule has 0 amide bonds. The third-order valence-corrected chi connectivity index (χ3v) is 11.5. The van der Waals surface area contributed by atoms with Crippen LogP contribution in [0.4, 0.5) is 0 Å². The van der Waals surface area contributed by atoms with E-state index in [1.807, 2.05) is 0 Å². The Bertz CT molecular complexity index is 3320. The largest absolute Gasteiger partial charge is 0.456 e. The summed E-state index contributed by atoms with van der Waals surface area (Å²) in [6.45, 7) is 0. The molecule has 0 radical (unpaired) electrons. The molecule has 0 saturated heterocycles. The standard InChI is InChI=1S/C52H32N2O/c1-3-12-33(13-4-1)34-22-24-35(25-23-34)36-26-29-47-43(30-36)39-16-7-9-19-45(39)54(47)38-27-28-40-44-32-48-51(42-18-11-21-49(52(42)44)55-50(40)31-38)41-17-8-10-20-46(41)53(48)37-14-5-2-6-15-37/h1-32H. The van der Waals surface area contributed by atoms with E-state index in [0.29, 0.717) is 0 Å². The highest BCUT2D eigenvalue weighted by Crippen LogP contribution is 2.51. The summed E-state index contributed by atoms with van der Waals surface area (Å²) < 4.78 is 11.6. The van der Waals surface area contributed by atoms with Crippen LogP contribution in [0.1, 0.15) is 0 Å². The Morgan fingerprint density at radius 3 is 1.69 bits per heavy atom. The lowest BCUT2D eigenvalue weighted by atomic mass is 9.92. The van der Waals surface area contributed by atoms with Gasteiger partial charge in [-0.3, -0.25) is 0 Å². The van der Waals surface area contributed by atoms with Crippen LogP contribution in [0.15, 0.2) is 194 Å². The second kappa shape index (κ2) is 11.6. The summed E-state index contributed by atoms with van der Waals surface area (Å²) in [4.78, 5) is 0. The van der Waals surface area contributed by atoms with Crippen LogP contribution in [-0.2, 0) is 0 Å². The lowest BCUT2D eigenvalue weighted by Gasteiger charge is -2.23. The van der Waals surface area contributed by atoms with Gasteiger partial charge in [0.25, 0.3) is 0 Å². The van der Waals surface area contributed by atoms with Gasteiger partial charge < -0.3 is 13.9 Å². The molecular weight excluding hydrogens is 669 g/mol. The van der Waals surface area contributed by atoms with Crippen molar-refractivity contribution < 1.29 is 4.74 Å². The number of fused-ring (bicyclic) bond motifs is 9. The molecule has 3 heterocycles. The first kappa shape index (κ1) is 30.1. The zero-order chi connectivity index (χ0) is 36.0. The van der Waals surface area contributed by atoms with Gasteiger partial charge in [-0.2, -0.15) is 0 Å². The Kier molecular flexibility index (Phi) is 6.34. The number of aromatic nitrogens is 2. The fraction of sp³-hybridized carbons (Fsp3) is 0. The quantitative estimate of drug-likeness (QED) is 0.179. The molecule has 11 aromatic rings. The molecule has 0 aliphatic carbocycles. The zero-order valence-corrected chi connectivity index (χ0v) is 29.8. The maximum Gasteiger partial charge on any atom is 0.137 e. The van der Waals surface area contributed by atoms with Crippen LogP contribution in [0.3, 0.4) is 0 Å². The Labute approximate surface area is 317 Å². The third kappa shape index (κ3) is 4.44. The van der Waals surface area contributed by atoms with Gasteiger partial charge >= 0.3 is 0 Å². The maximum atomic E-state index is 6.86. The molecule has 0 N–H and O–H groups in total. The van der Waals surface area contributed by atoms with Crippen LogP contribution >= 0.6 is 0 Å². The Morgan fingerprint density at radius 1 is 0.291 bits per heavy atom. The third-order valence-electron chi connectivity index (χ3n) is 11.5. The van der Waals surface area contributed by atoms with Gasteiger partial charge in [-0.05, 0) is 93.9 Å². The Hall–Kier alpha value is -7.36. The second-order valence-electron chi connectivity index (χ2n) is 14.5. The van der Waals surface area contributed by atoms with Gasteiger partial charge in [0.1, 0.15) is 11.5 Å². The van der Waals surface area contributed by atoms with Crippen molar-refractivity contribution in [2.24, 2.45) is 0 Å². The molecule has 0 spiro atoms. The van der Waals surface area contributed by atoms with E-state index in [2.05, 4.69) is 203 Å². The summed E-state index contributed by atoms with van der Waals surface area (Å²) in [5.74, 6) is 1.75. The maximum absolute atomic E-state index is 6.86. The van der Waals surface area contributed by atoms with Crippen LogP contribution in [0, 0.1) is 0 Å². The molecule has 2 aromatic heterocycles. The van der Waals surface area contributed by atoms with Crippen molar-refractivity contribution >= 4 is 54.4 Å². The van der Waals surface area contributed by atoms with E-state index in [4.69, 9.17) is 4.74 Å². The van der Waals surface area contributed by atoms with E-state index in [9.17, 15) is 0 Å². The van der Waals surface area contributed by atoms with Crippen molar-refractivity contribution in [1.29, 1.82) is 0 Å². The molecule has 3 nitrogen and oxygen atoms in total. The molecule has 0 bridgehead atoms. The SMILES string of the molecule is c1ccc(-c2ccc(-c3ccc4c(c3)c3ccccc3n4-c3ccc4c(c3)Oc3cccc5c3c-4cc3c5c4ccccc4n3-c3ccccc3)cc2)cc1. The van der Waals surface area contributed by atoms with Crippen molar-refractivity contribution in [3.63, 3.8) is 0 Å². The van der Waals surface area contributed by atoms with E-state index in [0.717, 1.165) is 33.8 Å². The molecule has 0 fully saturated rings. The minimum atomic E-state index is 0.861. The first-order valence-electron chi connectivity index (χ1n) is 18.8. The average Bonchev–Trinajstić information content (AvgIpc) is 3.77. The number of para-hydroxylation sites is 3. The summed E-state index contributed by atoms with van der Waals surface area (Å²) in [6, 6.07) is 70.0. The number of hydrogen-bond donors (Lipinski definition) is 0. The molecule has 0 unspecified atom stereocenters. The molecule has 0 saturated carbocycles. The molecular formula is C52H32N2O. The van der Waals surface area contributed by atoms with E-state index in [1.165, 1.54) is 76.8 Å². The predicted molar refractivity (Wildman–Crippen MR) is 229 cm³/mol. The number of benzene rings is 9. The second-order valence-corrected chi connectivity index (χ2v) is 14.5. The highest BCUT2D eigenvalue weighted by Gasteiger charge is 2.26. The lowest BCUT2D eigenvalue weighted by Crippen LogP contribution is -2.01. The minimum absolute atomic E-state index is 0.861. The topological polar surface area (TPSA) is 19.1 Å². The molecule has 0 atom stereocenters. The monoisotopic (exact) mass is 700 g/mol. The first-order valence-corrected chi connectivity index (χ1v) is 18.8. The number of hydrogen-bond acceptors (Lipinski definition) is 1. The van der Waals surface area contributed by atoms with Crippen molar-refractivity contribution in [2.75, 3.05) is 0 Å². The average molecular weight is 701 g/mol. The number of nitrogens with zero attached hydrogens (tertiary/aromatic N) is 2. The predicted octanol–water partition coefficient (Wildman–Crippen LogP) is 14.1. The fourth-order valence-corrected chi connectivity index (χ4v) is 9.05. The number of rotatable bonds is 4. The van der Waals surface area contributed by atoms with Crippen LogP contribution < -0.4 is 4.74 Å². The van der Waals surface area contributed by atoms with Gasteiger partial charge in [0.15, 0.2) is 0 Å². The normalized spacial score (nSPS) is 12.1. The lowest BCUT2D eigenvalue weighted by molar-refractivity contribution is 0.487. The van der Waals surface area contributed by atoms with Crippen molar-refractivity contribution in [1.82, 2.24) is 9.13 Å². The van der Waals surface area contributed by atoms with Gasteiger partial charge in [-0.1, -0.05) is 127 Å². The smallest absolute Gasteiger partial charge is 0.137 e. The summed E-state index contributed by atoms with van der Waals surface area (Å²) >= 11 is 0. The molecule has 1 aliphatic rings. The molecule has 9 aromatic carbocycles. The van der Waals surface area contributed by atoms with Crippen LogP contribution in [0.25, 0.3) is 99.1 Å². The molecule has 3 heteroatoms. The van der Waals surface area contributed by atoms with E-state index < -0.39 is 0 Å². The molecule has 1 aliphatic heterocycles. The summed E-state index contributed by atoms with van der Waals surface area (Å²) in [7, 11) is 0. The van der Waals surface area contributed by atoms with Gasteiger partial charge in [0.2, 0.25) is 0 Å². The Balaban J connectivity index is 1.02.